The summed E-state index contributed by atoms with van der Waals surface area (Å²) in [6.45, 7) is 9.20. The Hall–Kier alpha value is -1.67. The van der Waals surface area contributed by atoms with E-state index in [0.717, 1.165) is 19.4 Å². The molecular formula is C27H46BrNO8. The highest BCUT2D eigenvalue weighted by Crippen LogP contribution is 2.30. The van der Waals surface area contributed by atoms with Gasteiger partial charge in [0.25, 0.3) is 0 Å². The van der Waals surface area contributed by atoms with E-state index in [1.54, 1.807) is 6.92 Å². The molecule has 37 heavy (non-hydrogen) atoms. The van der Waals surface area contributed by atoms with Crippen molar-refractivity contribution in [3.05, 3.63) is 0 Å². The highest BCUT2D eigenvalue weighted by molar-refractivity contribution is 5.71. The Morgan fingerprint density at radius 3 is 1.81 bits per heavy atom. The van der Waals surface area contributed by atoms with Gasteiger partial charge in [0.15, 0.2) is 24.6 Å². The maximum absolute atomic E-state index is 12.5. The van der Waals surface area contributed by atoms with E-state index in [0.29, 0.717) is 36.9 Å². The van der Waals surface area contributed by atoms with Crippen molar-refractivity contribution in [2.24, 2.45) is 0 Å². The summed E-state index contributed by atoms with van der Waals surface area (Å²) in [4.78, 5) is 37.3. The van der Waals surface area contributed by atoms with Crippen molar-refractivity contribution in [1.82, 2.24) is 0 Å². The number of hydrogen-bond acceptors (Lipinski definition) is 8. The number of quaternary nitrogens is 1. The Bertz CT molecular complexity index is 738. The fourth-order valence-corrected chi connectivity index (χ4v) is 3.94. The molecule has 1 heterocycles. The van der Waals surface area contributed by atoms with Gasteiger partial charge in [-0.3, -0.25) is 14.4 Å². The van der Waals surface area contributed by atoms with E-state index in [4.69, 9.17) is 30.1 Å². The summed E-state index contributed by atoms with van der Waals surface area (Å²) in [5.74, 6) is 1.34. The lowest BCUT2D eigenvalue weighted by Crippen LogP contribution is -3.00. The fraction of sp³-hybridized carbons (Fsp3) is 0.815. The van der Waals surface area contributed by atoms with Crippen LogP contribution in [-0.4, -0.2) is 86.9 Å². The quantitative estimate of drug-likeness (QED) is 0.0835. The maximum atomic E-state index is 12.5. The number of carbonyl (C=O) groups excluding carboxylic acids is 3. The van der Waals surface area contributed by atoms with Gasteiger partial charge in [-0.15, -0.1) is 6.42 Å². The molecule has 0 bridgehead atoms. The molecule has 1 aliphatic heterocycles. The summed E-state index contributed by atoms with van der Waals surface area (Å²) in [6, 6.07) is 0. The van der Waals surface area contributed by atoms with Crippen LogP contribution >= 0.6 is 0 Å². The molecule has 1 rings (SSSR count). The van der Waals surface area contributed by atoms with Gasteiger partial charge in [0.05, 0.1) is 33.4 Å². The maximum Gasteiger partial charge on any atom is 0.306 e. The molecule has 0 aromatic heterocycles. The Balaban J connectivity index is 0.0000130. The van der Waals surface area contributed by atoms with Gasteiger partial charge in [-0.1, -0.05) is 20.8 Å². The van der Waals surface area contributed by atoms with Crippen molar-refractivity contribution in [1.29, 1.82) is 0 Å². The van der Waals surface area contributed by atoms with Crippen LogP contribution in [0.15, 0.2) is 0 Å². The van der Waals surface area contributed by atoms with Crippen LogP contribution in [0.5, 0.6) is 0 Å². The largest absolute Gasteiger partial charge is 1.00 e. The lowest BCUT2D eigenvalue weighted by Gasteiger charge is -2.43. The van der Waals surface area contributed by atoms with Gasteiger partial charge in [-0.2, -0.15) is 0 Å². The number of carbonyl (C=O) groups is 3. The van der Waals surface area contributed by atoms with Crippen LogP contribution in [0, 0.1) is 12.3 Å². The number of unbranched alkanes of at least 4 members (excludes halogenated alkanes) is 1. The molecule has 214 valence electrons. The van der Waals surface area contributed by atoms with Gasteiger partial charge in [-0.05, 0) is 44.9 Å². The predicted molar refractivity (Wildman–Crippen MR) is 135 cm³/mol. The third kappa shape index (κ3) is 13.1. The molecule has 0 aromatic carbocycles. The highest BCUT2D eigenvalue weighted by Gasteiger charge is 2.51. The average Bonchev–Trinajstić information content (AvgIpc) is 2.78. The molecule has 1 fully saturated rings. The van der Waals surface area contributed by atoms with Crippen LogP contribution in [0.1, 0.15) is 79.1 Å². The standard InChI is InChI=1S/C27H46NO8.BrH/c1-8-14-21(29)34-24-20(5)33-27(32-19-13-12-18-28(6,7)17-11-4)26(36-23(31)16-10-3)25(24)35-22(30)15-9-2;/h4,20,24-27H,8-10,12-19H2,1-3,5-7H3;1H/q+1;/p-1/t20-,24-,25+,26+,27+;/m0./s1. The number of terminal acetylenes is 1. The Morgan fingerprint density at radius 1 is 0.838 bits per heavy atom. The molecule has 1 aliphatic rings. The molecule has 0 amide bonds. The van der Waals surface area contributed by atoms with Crippen LogP contribution in [0.4, 0.5) is 0 Å². The van der Waals surface area contributed by atoms with Gasteiger partial charge in [0.2, 0.25) is 0 Å². The highest BCUT2D eigenvalue weighted by atomic mass is 79.9. The third-order valence-corrected chi connectivity index (χ3v) is 5.85. The van der Waals surface area contributed by atoms with Crippen LogP contribution in [-0.2, 0) is 38.1 Å². The van der Waals surface area contributed by atoms with Gasteiger partial charge >= 0.3 is 17.9 Å². The summed E-state index contributed by atoms with van der Waals surface area (Å²) < 4.78 is 29.9. The number of ether oxygens (including phenoxy) is 5. The van der Waals surface area contributed by atoms with Crippen LogP contribution in [0.3, 0.4) is 0 Å². The molecular weight excluding hydrogens is 546 g/mol. The smallest absolute Gasteiger partial charge is 0.306 e. The molecule has 0 radical (unpaired) electrons. The summed E-state index contributed by atoms with van der Waals surface area (Å²) >= 11 is 0. The number of rotatable bonds is 16. The summed E-state index contributed by atoms with van der Waals surface area (Å²) in [6.07, 6.45) is 4.83. The third-order valence-electron chi connectivity index (χ3n) is 5.85. The molecule has 0 unspecified atom stereocenters. The molecule has 0 saturated carbocycles. The number of esters is 3. The molecule has 0 spiro atoms. The zero-order valence-electron chi connectivity index (χ0n) is 23.3. The lowest BCUT2D eigenvalue weighted by molar-refractivity contribution is -0.883. The monoisotopic (exact) mass is 591 g/mol. The second kappa shape index (κ2) is 18.6. The minimum absolute atomic E-state index is 0. The van der Waals surface area contributed by atoms with Gasteiger partial charge < -0.3 is 45.1 Å². The molecule has 0 N–H and O–H groups in total. The molecule has 0 aliphatic carbocycles. The first kappa shape index (κ1) is 35.3. The minimum atomic E-state index is -1.06. The second-order valence-corrected chi connectivity index (χ2v) is 9.92. The van der Waals surface area contributed by atoms with Crippen molar-refractivity contribution in [3.63, 3.8) is 0 Å². The first-order valence-electron chi connectivity index (χ1n) is 13.2. The van der Waals surface area contributed by atoms with Gasteiger partial charge in [0.1, 0.15) is 6.54 Å². The fourth-order valence-electron chi connectivity index (χ4n) is 3.94. The van der Waals surface area contributed by atoms with Crippen LogP contribution in [0.25, 0.3) is 0 Å². The van der Waals surface area contributed by atoms with Crippen LogP contribution < -0.4 is 17.0 Å². The molecule has 9 nitrogen and oxygen atoms in total. The molecule has 5 atom stereocenters. The lowest BCUT2D eigenvalue weighted by atomic mass is 9.98. The van der Waals surface area contributed by atoms with Gasteiger partial charge in [0, 0.05) is 19.3 Å². The predicted octanol–water partition coefficient (Wildman–Crippen LogP) is 0.377. The van der Waals surface area contributed by atoms with E-state index >= 15 is 0 Å². The first-order chi connectivity index (χ1) is 17.1. The van der Waals surface area contributed by atoms with E-state index in [1.807, 2.05) is 20.8 Å². The molecule has 1 saturated heterocycles. The molecule has 10 heteroatoms. The normalized spacial score (nSPS) is 23.3. The Kier molecular flexibility index (Phi) is 17.7. The summed E-state index contributed by atoms with van der Waals surface area (Å²) in [5.41, 5.74) is 0. The van der Waals surface area contributed by atoms with E-state index in [9.17, 15) is 14.4 Å². The van der Waals surface area contributed by atoms with Crippen molar-refractivity contribution in [2.75, 3.05) is 33.8 Å². The minimum Gasteiger partial charge on any atom is -1.00 e. The SMILES string of the molecule is C#CC[N+](C)(C)CCCCO[C@@H]1O[C@@H](C)[C@H](OC(=O)CCC)[C@@H](OC(=O)CCC)[C@H]1OC(=O)CCC.[Br-]. The van der Waals surface area contributed by atoms with Crippen molar-refractivity contribution in [3.8, 4) is 12.3 Å². The number of halogens is 1. The van der Waals surface area contributed by atoms with Crippen molar-refractivity contribution < 1.29 is 59.5 Å². The number of hydrogen-bond donors (Lipinski definition) is 0. The van der Waals surface area contributed by atoms with E-state index in [2.05, 4.69) is 20.0 Å². The van der Waals surface area contributed by atoms with Crippen molar-refractivity contribution in [2.45, 2.75) is 110 Å². The molecule has 0 aromatic rings. The zero-order valence-corrected chi connectivity index (χ0v) is 24.9. The van der Waals surface area contributed by atoms with Crippen LogP contribution in [0.2, 0.25) is 0 Å². The van der Waals surface area contributed by atoms with Crippen molar-refractivity contribution >= 4 is 17.9 Å². The summed E-state index contributed by atoms with van der Waals surface area (Å²) in [7, 11) is 4.15. The van der Waals surface area contributed by atoms with E-state index in [-0.39, 0.29) is 36.2 Å². The summed E-state index contributed by atoms with van der Waals surface area (Å²) in [5, 5.41) is 0. The second-order valence-electron chi connectivity index (χ2n) is 9.92. The first-order valence-corrected chi connectivity index (χ1v) is 13.2. The topological polar surface area (TPSA) is 97.4 Å². The van der Waals surface area contributed by atoms with E-state index in [1.165, 1.54) is 0 Å². The zero-order chi connectivity index (χ0) is 27.1. The van der Waals surface area contributed by atoms with Gasteiger partial charge in [-0.25, -0.2) is 0 Å². The Morgan fingerprint density at radius 2 is 1.32 bits per heavy atom. The number of nitrogens with zero attached hydrogens (tertiary/aromatic N) is 1. The average molecular weight is 593 g/mol. The Labute approximate surface area is 233 Å². The van der Waals surface area contributed by atoms with E-state index < -0.39 is 48.6 Å².